The quantitative estimate of drug-likeness (QED) is 0.688. The SMILES string of the molecule is CC(C)C(NC(=O)C1CCN(C(=O)CCc2ccccc2)CC1)c1ccc2c(c1)OCCO2. The molecule has 1 unspecified atom stereocenters. The average Bonchev–Trinajstić information content (AvgIpc) is 2.86. The van der Waals surface area contributed by atoms with Crippen LogP contribution in [0, 0.1) is 11.8 Å². The van der Waals surface area contributed by atoms with Crippen LogP contribution in [0.5, 0.6) is 11.5 Å². The van der Waals surface area contributed by atoms with Crippen molar-refractivity contribution < 1.29 is 19.1 Å². The maximum absolute atomic E-state index is 13.1. The minimum absolute atomic E-state index is 0.0679. The summed E-state index contributed by atoms with van der Waals surface area (Å²) < 4.78 is 11.3. The molecule has 1 fully saturated rings. The van der Waals surface area contributed by atoms with Crippen molar-refractivity contribution in [2.24, 2.45) is 11.8 Å². The molecular formula is C27H34N2O4. The Morgan fingerprint density at radius 1 is 1.00 bits per heavy atom. The van der Waals surface area contributed by atoms with Gasteiger partial charge in [0.1, 0.15) is 13.2 Å². The fraction of sp³-hybridized carbons (Fsp3) is 0.481. The highest BCUT2D eigenvalue weighted by Gasteiger charge is 2.30. The van der Waals surface area contributed by atoms with Crippen molar-refractivity contribution in [3.63, 3.8) is 0 Å². The van der Waals surface area contributed by atoms with Crippen LogP contribution < -0.4 is 14.8 Å². The van der Waals surface area contributed by atoms with Crippen LogP contribution in [0.4, 0.5) is 0 Å². The number of hydrogen-bond donors (Lipinski definition) is 1. The number of aryl methyl sites for hydroxylation is 1. The van der Waals surface area contributed by atoms with E-state index in [-0.39, 0.29) is 29.7 Å². The number of hydrogen-bond acceptors (Lipinski definition) is 4. The maximum atomic E-state index is 13.1. The highest BCUT2D eigenvalue weighted by atomic mass is 16.6. The third kappa shape index (κ3) is 5.86. The zero-order valence-electron chi connectivity index (χ0n) is 19.6. The second-order valence-corrected chi connectivity index (χ2v) is 9.27. The number of carbonyl (C=O) groups excluding carboxylic acids is 2. The molecule has 2 heterocycles. The molecule has 1 saturated heterocycles. The molecule has 2 amide bonds. The van der Waals surface area contributed by atoms with E-state index in [0.29, 0.717) is 45.6 Å². The number of rotatable bonds is 7. The number of piperidine rings is 1. The van der Waals surface area contributed by atoms with Gasteiger partial charge in [0, 0.05) is 25.4 Å². The maximum Gasteiger partial charge on any atom is 0.223 e. The second-order valence-electron chi connectivity index (χ2n) is 9.27. The molecule has 1 atom stereocenters. The van der Waals surface area contributed by atoms with Crippen molar-refractivity contribution in [2.45, 2.75) is 45.6 Å². The Bertz CT molecular complexity index is 952. The van der Waals surface area contributed by atoms with Gasteiger partial charge in [-0.05, 0) is 48.4 Å². The summed E-state index contributed by atoms with van der Waals surface area (Å²) in [6.45, 7) is 6.59. The van der Waals surface area contributed by atoms with Crippen LogP contribution in [-0.4, -0.2) is 43.0 Å². The molecule has 0 aliphatic carbocycles. The minimum Gasteiger partial charge on any atom is -0.486 e. The summed E-state index contributed by atoms with van der Waals surface area (Å²) in [7, 11) is 0. The number of nitrogens with one attached hydrogen (secondary N) is 1. The van der Waals surface area contributed by atoms with E-state index in [1.165, 1.54) is 5.56 Å². The summed E-state index contributed by atoms with van der Waals surface area (Å²) >= 11 is 0. The first-order chi connectivity index (χ1) is 16.0. The van der Waals surface area contributed by atoms with Gasteiger partial charge in [-0.3, -0.25) is 9.59 Å². The summed E-state index contributed by atoms with van der Waals surface area (Å²) in [6, 6.07) is 15.9. The van der Waals surface area contributed by atoms with E-state index in [2.05, 4.69) is 31.3 Å². The van der Waals surface area contributed by atoms with Crippen molar-refractivity contribution in [1.82, 2.24) is 10.2 Å². The van der Waals surface area contributed by atoms with Crippen LogP contribution in [0.2, 0.25) is 0 Å². The van der Waals surface area contributed by atoms with Crippen molar-refractivity contribution in [3.8, 4) is 11.5 Å². The predicted molar refractivity (Wildman–Crippen MR) is 127 cm³/mol. The van der Waals surface area contributed by atoms with Crippen LogP contribution in [-0.2, 0) is 16.0 Å². The van der Waals surface area contributed by atoms with E-state index in [9.17, 15) is 9.59 Å². The molecule has 0 radical (unpaired) electrons. The second kappa shape index (κ2) is 10.7. The standard InChI is InChI=1S/C27H34N2O4/c1-19(2)26(22-9-10-23-24(18-22)33-17-16-32-23)28-27(31)21-12-14-29(15-13-21)25(30)11-8-20-6-4-3-5-7-20/h3-7,9-10,18-19,21,26H,8,11-17H2,1-2H3,(H,28,31). The highest BCUT2D eigenvalue weighted by molar-refractivity contribution is 5.80. The summed E-state index contributed by atoms with van der Waals surface area (Å²) in [6.07, 6.45) is 2.68. The van der Waals surface area contributed by atoms with Crippen LogP contribution in [0.15, 0.2) is 48.5 Å². The third-order valence-electron chi connectivity index (χ3n) is 6.58. The lowest BCUT2D eigenvalue weighted by Crippen LogP contribution is -2.44. The molecule has 2 aromatic carbocycles. The van der Waals surface area contributed by atoms with E-state index < -0.39 is 0 Å². The summed E-state index contributed by atoms with van der Waals surface area (Å²) in [5, 5.41) is 3.26. The Morgan fingerprint density at radius 3 is 2.39 bits per heavy atom. The molecule has 2 aliphatic rings. The van der Waals surface area contributed by atoms with Gasteiger partial charge in [0.2, 0.25) is 11.8 Å². The van der Waals surface area contributed by atoms with Gasteiger partial charge in [0.15, 0.2) is 11.5 Å². The Labute approximate surface area is 196 Å². The van der Waals surface area contributed by atoms with Crippen molar-refractivity contribution in [3.05, 3.63) is 59.7 Å². The summed E-state index contributed by atoms with van der Waals surface area (Å²) in [4.78, 5) is 27.6. The van der Waals surface area contributed by atoms with E-state index in [1.54, 1.807) is 0 Å². The molecule has 0 saturated carbocycles. The molecule has 176 valence electrons. The number of amides is 2. The number of fused-ring (bicyclic) bond motifs is 1. The molecule has 2 aromatic rings. The van der Waals surface area contributed by atoms with Gasteiger partial charge in [-0.1, -0.05) is 50.2 Å². The van der Waals surface area contributed by atoms with Crippen LogP contribution in [0.1, 0.15) is 50.3 Å². The van der Waals surface area contributed by atoms with Crippen LogP contribution in [0.3, 0.4) is 0 Å². The Morgan fingerprint density at radius 2 is 1.70 bits per heavy atom. The van der Waals surface area contributed by atoms with Gasteiger partial charge in [-0.25, -0.2) is 0 Å². The molecule has 33 heavy (non-hydrogen) atoms. The zero-order chi connectivity index (χ0) is 23.2. The zero-order valence-corrected chi connectivity index (χ0v) is 19.6. The first kappa shape index (κ1) is 23.1. The molecule has 1 N–H and O–H groups in total. The highest BCUT2D eigenvalue weighted by Crippen LogP contribution is 2.34. The molecule has 4 rings (SSSR count). The average molecular weight is 451 g/mol. The van der Waals surface area contributed by atoms with Gasteiger partial charge >= 0.3 is 0 Å². The van der Waals surface area contributed by atoms with Crippen molar-refractivity contribution >= 4 is 11.8 Å². The van der Waals surface area contributed by atoms with Gasteiger partial charge in [0.25, 0.3) is 0 Å². The molecule has 2 aliphatic heterocycles. The fourth-order valence-electron chi connectivity index (χ4n) is 4.60. The van der Waals surface area contributed by atoms with E-state index in [0.717, 1.165) is 23.5 Å². The van der Waals surface area contributed by atoms with Gasteiger partial charge < -0.3 is 19.7 Å². The van der Waals surface area contributed by atoms with Crippen molar-refractivity contribution in [2.75, 3.05) is 26.3 Å². The first-order valence-electron chi connectivity index (χ1n) is 12.0. The summed E-state index contributed by atoms with van der Waals surface area (Å²) in [5.41, 5.74) is 2.20. The Kier molecular flexibility index (Phi) is 7.53. The number of benzene rings is 2. The number of ether oxygens (including phenoxy) is 2. The fourth-order valence-corrected chi connectivity index (χ4v) is 4.60. The molecule has 0 bridgehead atoms. The van der Waals surface area contributed by atoms with Crippen LogP contribution >= 0.6 is 0 Å². The number of likely N-dealkylation sites (tertiary alicyclic amines) is 1. The Balaban J connectivity index is 1.30. The molecule has 6 heteroatoms. The van der Waals surface area contributed by atoms with Gasteiger partial charge in [-0.2, -0.15) is 0 Å². The summed E-state index contributed by atoms with van der Waals surface area (Å²) in [5.74, 6) is 1.90. The van der Waals surface area contributed by atoms with Gasteiger partial charge in [-0.15, -0.1) is 0 Å². The van der Waals surface area contributed by atoms with E-state index >= 15 is 0 Å². The minimum atomic E-state index is -0.0983. The molecule has 6 nitrogen and oxygen atoms in total. The van der Waals surface area contributed by atoms with Crippen molar-refractivity contribution in [1.29, 1.82) is 0 Å². The van der Waals surface area contributed by atoms with E-state index in [4.69, 9.17) is 9.47 Å². The number of carbonyl (C=O) groups is 2. The first-order valence-corrected chi connectivity index (χ1v) is 12.0. The lowest BCUT2D eigenvalue weighted by Gasteiger charge is -2.33. The largest absolute Gasteiger partial charge is 0.486 e. The van der Waals surface area contributed by atoms with Crippen LogP contribution in [0.25, 0.3) is 0 Å². The Hall–Kier alpha value is -3.02. The molecule has 0 spiro atoms. The van der Waals surface area contributed by atoms with Gasteiger partial charge in [0.05, 0.1) is 6.04 Å². The van der Waals surface area contributed by atoms with E-state index in [1.807, 2.05) is 41.3 Å². The smallest absolute Gasteiger partial charge is 0.223 e. The third-order valence-corrected chi connectivity index (χ3v) is 6.58. The topological polar surface area (TPSA) is 67.9 Å². The predicted octanol–water partition coefficient (Wildman–Crippen LogP) is 4.14. The normalized spacial score (nSPS) is 17.0. The molecular weight excluding hydrogens is 416 g/mol. The monoisotopic (exact) mass is 450 g/mol. The lowest BCUT2D eigenvalue weighted by atomic mass is 9.92. The molecule has 0 aromatic heterocycles. The lowest BCUT2D eigenvalue weighted by molar-refractivity contribution is -0.135. The number of nitrogens with zero attached hydrogens (tertiary/aromatic N) is 1.